The number of halogens is 4. The van der Waals surface area contributed by atoms with Crippen molar-refractivity contribution in [1.29, 1.82) is 0 Å². The number of fused-ring (bicyclic) bond motifs is 2. The van der Waals surface area contributed by atoms with Gasteiger partial charge in [0.2, 0.25) is 11.7 Å². The molecule has 4 aromatic rings. The lowest BCUT2D eigenvalue weighted by Crippen LogP contribution is -2.41. The number of anilines is 1. The number of carbonyl (C=O) groups excluding carboxylic acids is 2. The number of aromatic hydroxyl groups is 1. The zero-order chi connectivity index (χ0) is 36.6. The van der Waals surface area contributed by atoms with Gasteiger partial charge in [-0.2, -0.15) is 22.7 Å². The van der Waals surface area contributed by atoms with Gasteiger partial charge in [-0.05, 0) is 73.6 Å². The number of hydrogen-bond acceptors (Lipinski definition) is 9. The first kappa shape index (κ1) is 34.3. The number of hydrogen-bond donors (Lipinski definition) is 2. The standard InChI is InChI=1S/C35H34ClF3N8O5/c1-16-28(20-5-8-45(24-12-21(20)24)33(51)30-31(50)17(2)40-15-41-30)29(16)25-13-27(49)47-34(43-32(44-47)18-6-9-52-10-7-18)46(25)14-26(48)42-23-4-3-19(11-22(23)36)35(37,38)39/h3-4,6,11,13,15-16,20-21,24,28-29,50H,5,7-10,12,14H2,1-2H3,(H,42,48)/t16-,20?,21?,24?,28?,29?/m1/s1. The molecule has 13 nitrogen and oxygen atoms in total. The lowest BCUT2D eigenvalue weighted by molar-refractivity contribution is -0.137. The van der Waals surface area contributed by atoms with Crippen LogP contribution in [0.3, 0.4) is 0 Å². The van der Waals surface area contributed by atoms with Crippen molar-refractivity contribution in [2.75, 3.05) is 25.1 Å². The molecule has 0 bridgehead atoms. The summed E-state index contributed by atoms with van der Waals surface area (Å²) < 4.78 is 48.0. The van der Waals surface area contributed by atoms with Crippen LogP contribution in [0, 0.1) is 30.6 Å². The van der Waals surface area contributed by atoms with Crippen molar-refractivity contribution in [1.82, 2.24) is 34.0 Å². The largest absolute Gasteiger partial charge is 0.504 e. The molecule has 2 aliphatic heterocycles. The summed E-state index contributed by atoms with van der Waals surface area (Å²) in [7, 11) is 0. The number of rotatable bonds is 7. The van der Waals surface area contributed by atoms with E-state index < -0.39 is 23.2 Å². The summed E-state index contributed by atoms with van der Waals surface area (Å²) in [6.45, 7) is 4.74. The fourth-order valence-corrected chi connectivity index (χ4v) is 8.46. The highest BCUT2D eigenvalue weighted by Gasteiger charge is 2.62. The van der Waals surface area contributed by atoms with E-state index in [4.69, 9.17) is 21.3 Å². The number of nitrogens with zero attached hydrogens (tertiary/aromatic N) is 7. The van der Waals surface area contributed by atoms with E-state index in [0.717, 1.165) is 30.2 Å². The molecule has 1 saturated heterocycles. The molecular formula is C35H34ClF3N8O5. The molecule has 272 valence electrons. The highest BCUT2D eigenvalue weighted by molar-refractivity contribution is 6.33. The first-order valence-electron chi connectivity index (χ1n) is 17.1. The second kappa shape index (κ2) is 12.7. The van der Waals surface area contributed by atoms with Gasteiger partial charge < -0.3 is 24.6 Å². The first-order chi connectivity index (χ1) is 24.8. The molecule has 6 atom stereocenters. The molecule has 2 N–H and O–H groups in total. The van der Waals surface area contributed by atoms with Gasteiger partial charge in [0.05, 0.1) is 35.2 Å². The fourth-order valence-electron chi connectivity index (χ4n) is 8.23. The Morgan fingerprint density at radius 2 is 1.98 bits per heavy atom. The van der Waals surface area contributed by atoms with E-state index >= 15 is 0 Å². The van der Waals surface area contributed by atoms with Gasteiger partial charge in [0.15, 0.2) is 17.3 Å². The molecule has 3 fully saturated rings. The van der Waals surface area contributed by atoms with Gasteiger partial charge in [-0.15, -0.1) is 5.10 Å². The number of piperidine rings is 1. The quantitative estimate of drug-likeness (QED) is 0.274. The van der Waals surface area contributed by atoms with E-state index in [2.05, 4.69) is 27.3 Å². The van der Waals surface area contributed by atoms with Crippen LogP contribution in [0.4, 0.5) is 18.9 Å². The molecule has 4 aliphatic rings. The molecule has 5 unspecified atom stereocenters. The van der Waals surface area contributed by atoms with Crippen molar-refractivity contribution in [2.24, 2.45) is 23.7 Å². The van der Waals surface area contributed by atoms with Crippen LogP contribution in [0.15, 0.2) is 41.5 Å². The average Bonchev–Trinajstić information content (AvgIpc) is 3.99. The van der Waals surface area contributed by atoms with Crippen molar-refractivity contribution >= 4 is 40.5 Å². The summed E-state index contributed by atoms with van der Waals surface area (Å²) in [5.41, 5.74) is 0.416. The fraction of sp³-hybridized carbons (Fsp3) is 0.457. The number of amides is 2. The Morgan fingerprint density at radius 1 is 1.17 bits per heavy atom. The van der Waals surface area contributed by atoms with Crippen molar-refractivity contribution in [3.63, 3.8) is 0 Å². The van der Waals surface area contributed by atoms with E-state index in [1.165, 1.54) is 16.9 Å². The number of nitrogens with one attached hydrogen (secondary N) is 1. The van der Waals surface area contributed by atoms with Crippen molar-refractivity contribution < 1.29 is 32.6 Å². The van der Waals surface area contributed by atoms with E-state index in [1.54, 1.807) is 16.4 Å². The Balaban J connectivity index is 1.09. The maximum Gasteiger partial charge on any atom is 0.416 e. The normalized spacial score (nSPS) is 25.4. The van der Waals surface area contributed by atoms with Crippen LogP contribution in [0.1, 0.15) is 65.4 Å². The molecule has 2 saturated carbocycles. The third-order valence-corrected chi connectivity index (χ3v) is 11.3. The number of alkyl halides is 3. The Hall–Kier alpha value is -4.83. The van der Waals surface area contributed by atoms with Gasteiger partial charge >= 0.3 is 6.18 Å². The first-order valence-corrected chi connectivity index (χ1v) is 17.5. The highest BCUT2D eigenvalue weighted by Crippen LogP contribution is 2.64. The minimum atomic E-state index is -4.60. The van der Waals surface area contributed by atoms with E-state index in [0.29, 0.717) is 49.8 Å². The van der Waals surface area contributed by atoms with Crippen molar-refractivity contribution in [3.8, 4) is 5.75 Å². The van der Waals surface area contributed by atoms with E-state index in [1.807, 2.05) is 6.08 Å². The number of aryl methyl sites for hydroxylation is 1. The van der Waals surface area contributed by atoms with Gasteiger partial charge in [0, 0.05) is 30.3 Å². The van der Waals surface area contributed by atoms with Gasteiger partial charge in [-0.25, -0.2) is 9.97 Å². The number of likely N-dealkylation sites (tertiary alicyclic amines) is 1. The molecular weight excluding hydrogens is 705 g/mol. The predicted octanol–water partition coefficient (Wildman–Crippen LogP) is 4.71. The molecule has 2 aliphatic carbocycles. The van der Waals surface area contributed by atoms with Gasteiger partial charge in [-0.1, -0.05) is 24.6 Å². The molecule has 8 rings (SSSR count). The second-order valence-electron chi connectivity index (χ2n) is 14.0. The monoisotopic (exact) mass is 738 g/mol. The second-order valence-corrected chi connectivity index (χ2v) is 14.4. The lowest BCUT2D eigenvalue weighted by atomic mass is 9.88. The topological polar surface area (TPSA) is 157 Å². The number of carbonyl (C=O) groups is 2. The van der Waals surface area contributed by atoms with Gasteiger partial charge in [0.1, 0.15) is 12.9 Å². The molecule has 2 amide bonds. The van der Waals surface area contributed by atoms with Gasteiger partial charge in [0.25, 0.3) is 11.5 Å². The molecule has 17 heteroatoms. The minimum absolute atomic E-state index is 0.00473. The van der Waals surface area contributed by atoms with Crippen molar-refractivity contribution in [2.45, 2.75) is 57.8 Å². The summed E-state index contributed by atoms with van der Waals surface area (Å²) in [4.78, 5) is 55.1. The van der Waals surface area contributed by atoms with Crippen LogP contribution in [0.25, 0.3) is 11.4 Å². The summed E-state index contributed by atoms with van der Waals surface area (Å²) in [5.74, 6) is 0.0631. The number of benzene rings is 1. The number of aromatic nitrogens is 6. The maximum absolute atomic E-state index is 13.6. The summed E-state index contributed by atoms with van der Waals surface area (Å²) in [5, 5.41) is 17.3. The molecule has 5 heterocycles. The van der Waals surface area contributed by atoms with Crippen LogP contribution in [0.2, 0.25) is 5.02 Å². The third-order valence-electron chi connectivity index (χ3n) is 11.0. The summed E-state index contributed by atoms with van der Waals surface area (Å²) in [6.07, 6.45) is 0.593. The van der Waals surface area contributed by atoms with Crippen LogP contribution in [-0.2, 0) is 22.3 Å². The predicted molar refractivity (Wildman–Crippen MR) is 181 cm³/mol. The minimum Gasteiger partial charge on any atom is -0.504 e. The zero-order valence-electron chi connectivity index (χ0n) is 28.1. The van der Waals surface area contributed by atoms with Gasteiger partial charge in [-0.3, -0.25) is 14.4 Å². The van der Waals surface area contributed by atoms with Crippen LogP contribution >= 0.6 is 11.6 Å². The Morgan fingerprint density at radius 3 is 2.71 bits per heavy atom. The Kier molecular flexibility index (Phi) is 8.36. The van der Waals surface area contributed by atoms with Crippen LogP contribution in [0.5, 0.6) is 5.75 Å². The van der Waals surface area contributed by atoms with E-state index in [-0.39, 0.29) is 76.0 Å². The summed E-state index contributed by atoms with van der Waals surface area (Å²) >= 11 is 6.15. The third kappa shape index (κ3) is 6.00. The lowest BCUT2D eigenvalue weighted by Gasteiger charge is -2.32. The van der Waals surface area contributed by atoms with E-state index in [9.17, 15) is 32.7 Å². The smallest absolute Gasteiger partial charge is 0.416 e. The summed E-state index contributed by atoms with van der Waals surface area (Å²) in [6, 6.07) is 4.20. The zero-order valence-corrected chi connectivity index (χ0v) is 28.9. The molecule has 1 aromatic carbocycles. The Bertz CT molecular complexity index is 2220. The molecule has 0 radical (unpaired) electrons. The molecule has 3 aromatic heterocycles. The average molecular weight is 739 g/mol. The van der Waals surface area contributed by atoms with Crippen LogP contribution < -0.4 is 10.9 Å². The van der Waals surface area contributed by atoms with Crippen LogP contribution in [-0.4, -0.2) is 76.8 Å². The maximum atomic E-state index is 13.6. The SMILES string of the molecule is Cc1ncnc(C(=O)N2CCC(C3C(c4cc(=O)n5nc(C6=CCOCC6)nc5n4CC(=O)Nc4ccc(C(F)(F)F)cc4Cl)[C@@H]3C)C3CC32)c1O. The number of ether oxygens (including phenoxy) is 1. The molecule has 52 heavy (non-hydrogen) atoms. The molecule has 0 spiro atoms. The Labute approximate surface area is 299 Å². The van der Waals surface area contributed by atoms with Crippen molar-refractivity contribution in [3.05, 3.63) is 80.5 Å². The highest BCUT2D eigenvalue weighted by atomic mass is 35.5.